The van der Waals surface area contributed by atoms with Crippen LogP contribution in [0.4, 0.5) is 0 Å². The maximum atomic E-state index is 12.5. The Balaban J connectivity index is 1.73. The van der Waals surface area contributed by atoms with E-state index in [4.69, 9.17) is 4.74 Å². The van der Waals surface area contributed by atoms with Crippen LogP contribution in [0.15, 0.2) is 54.6 Å². The number of methoxy groups -OCH3 is 1. The summed E-state index contributed by atoms with van der Waals surface area (Å²) in [5.41, 5.74) is 3.47. The lowest BCUT2D eigenvalue weighted by Gasteiger charge is -2.22. The second-order valence-electron chi connectivity index (χ2n) is 5.81. The minimum Gasteiger partial charge on any atom is -0.375 e. The van der Waals surface area contributed by atoms with E-state index in [0.29, 0.717) is 0 Å². The molecule has 3 nitrogen and oxygen atoms in total. The van der Waals surface area contributed by atoms with Gasteiger partial charge in [-0.3, -0.25) is 4.79 Å². The molecule has 3 atom stereocenters. The third kappa shape index (κ3) is 2.77. The van der Waals surface area contributed by atoms with Crippen molar-refractivity contribution in [2.24, 2.45) is 0 Å². The monoisotopic (exact) mass is 295 g/mol. The lowest BCUT2D eigenvalue weighted by atomic mass is 9.99. The van der Waals surface area contributed by atoms with E-state index in [-0.39, 0.29) is 24.0 Å². The van der Waals surface area contributed by atoms with E-state index in [1.54, 1.807) is 7.11 Å². The third-order valence-corrected chi connectivity index (χ3v) is 4.44. The van der Waals surface area contributed by atoms with E-state index in [9.17, 15) is 4.79 Å². The molecule has 1 aliphatic carbocycles. The van der Waals surface area contributed by atoms with Gasteiger partial charge in [-0.25, -0.2) is 0 Å². The highest BCUT2D eigenvalue weighted by molar-refractivity contribution is 5.83. The average molecular weight is 295 g/mol. The molecule has 2 aromatic rings. The summed E-state index contributed by atoms with van der Waals surface area (Å²) in [4.78, 5) is 12.5. The van der Waals surface area contributed by atoms with Gasteiger partial charge in [0.1, 0.15) is 6.10 Å². The van der Waals surface area contributed by atoms with E-state index in [0.717, 1.165) is 12.0 Å². The van der Waals surface area contributed by atoms with Crippen LogP contribution in [0.2, 0.25) is 0 Å². The normalized spacial score (nSPS) is 21.2. The molecule has 0 heterocycles. The Bertz CT molecular complexity index is 653. The van der Waals surface area contributed by atoms with Gasteiger partial charge in [0.25, 0.3) is 0 Å². The highest BCUT2D eigenvalue weighted by Crippen LogP contribution is 2.34. The number of carbonyl (C=O) groups excluding carboxylic acids is 1. The van der Waals surface area contributed by atoms with Gasteiger partial charge in [-0.2, -0.15) is 0 Å². The molecule has 3 rings (SSSR count). The van der Waals surface area contributed by atoms with Gasteiger partial charge in [0.2, 0.25) is 5.91 Å². The molecule has 0 saturated carbocycles. The molecular weight excluding hydrogens is 274 g/mol. The van der Waals surface area contributed by atoms with Crippen molar-refractivity contribution in [3.05, 3.63) is 71.3 Å². The van der Waals surface area contributed by atoms with Crippen LogP contribution >= 0.6 is 0 Å². The fourth-order valence-electron chi connectivity index (χ4n) is 3.18. The highest BCUT2D eigenvalue weighted by atomic mass is 16.5. The molecule has 2 aromatic carbocycles. The Hall–Kier alpha value is -2.13. The van der Waals surface area contributed by atoms with Gasteiger partial charge < -0.3 is 10.1 Å². The summed E-state index contributed by atoms with van der Waals surface area (Å²) in [5, 5.41) is 3.16. The zero-order valence-electron chi connectivity index (χ0n) is 13.0. The van der Waals surface area contributed by atoms with E-state index in [1.807, 2.05) is 49.4 Å². The number of benzene rings is 2. The molecule has 0 fully saturated rings. The predicted molar refractivity (Wildman–Crippen MR) is 86.7 cm³/mol. The average Bonchev–Trinajstić information content (AvgIpc) is 2.91. The van der Waals surface area contributed by atoms with Crippen molar-refractivity contribution in [2.45, 2.75) is 31.4 Å². The van der Waals surface area contributed by atoms with E-state index >= 15 is 0 Å². The van der Waals surface area contributed by atoms with Crippen molar-refractivity contribution >= 4 is 5.91 Å². The number of amides is 1. The Morgan fingerprint density at radius 3 is 2.55 bits per heavy atom. The molecule has 0 aromatic heterocycles. The summed E-state index contributed by atoms with van der Waals surface area (Å²) >= 11 is 0. The first-order valence-electron chi connectivity index (χ1n) is 7.66. The molecule has 3 heteroatoms. The van der Waals surface area contributed by atoms with Crippen LogP contribution < -0.4 is 5.32 Å². The number of hydrogen-bond donors (Lipinski definition) is 1. The van der Waals surface area contributed by atoms with Gasteiger partial charge >= 0.3 is 0 Å². The Kier molecular flexibility index (Phi) is 4.25. The molecule has 0 spiro atoms. The Labute approximate surface area is 131 Å². The van der Waals surface area contributed by atoms with Crippen molar-refractivity contribution in [3.8, 4) is 0 Å². The van der Waals surface area contributed by atoms with Crippen LogP contribution in [0.5, 0.6) is 0 Å². The molecule has 0 unspecified atom stereocenters. The molecule has 0 radical (unpaired) electrons. The molecule has 0 bridgehead atoms. The number of hydrogen-bond acceptors (Lipinski definition) is 2. The third-order valence-electron chi connectivity index (χ3n) is 4.44. The second kappa shape index (κ2) is 6.32. The molecule has 1 N–H and O–H groups in total. The number of nitrogens with one attached hydrogen (secondary N) is 1. The van der Waals surface area contributed by atoms with Crippen molar-refractivity contribution < 1.29 is 9.53 Å². The largest absolute Gasteiger partial charge is 0.375 e. The molecule has 0 saturated heterocycles. The second-order valence-corrected chi connectivity index (χ2v) is 5.81. The quantitative estimate of drug-likeness (QED) is 0.940. The first-order chi connectivity index (χ1) is 10.7. The molecule has 1 amide bonds. The van der Waals surface area contributed by atoms with Crippen LogP contribution in [0.1, 0.15) is 35.6 Å². The lowest BCUT2D eigenvalue weighted by Crippen LogP contribution is -2.40. The van der Waals surface area contributed by atoms with E-state index < -0.39 is 0 Å². The van der Waals surface area contributed by atoms with Crippen LogP contribution in [0.3, 0.4) is 0 Å². The fourth-order valence-corrected chi connectivity index (χ4v) is 3.18. The summed E-state index contributed by atoms with van der Waals surface area (Å²) in [6, 6.07) is 18.1. The smallest absolute Gasteiger partial charge is 0.227 e. The summed E-state index contributed by atoms with van der Waals surface area (Å²) in [7, 11) is 1.70. The van der Waals surface area contributed by atoms with Gasteiger partial charge in [0.05, 0.1) is 12.0 Å². The molecule has 22 heavy (non-hydrogen) atoms. The van der Waals surface area contributed by atoms with E-state index in [2.05, 4.69) is 17.4 Å². The maximum absolute atomic E-state index is 12.5. The Morgan fingerprint density at radius 1 is 1.14 bits per heavy atom. The predicted octanol–water partition coefficient (Wildman–Crippen LogP) is 3.22. The van der Waals surface area contributed by atoms with Crippen molar-refractivity contribution in [3.63, 3.8) is 0 Å². The summed E-state index contributed by atoms with van der Waals surface area (Å²) in [6.45, 7) is 1.94. The van der Waals surface area contributed by atoms with Crippen LogP contribution in [0, 0.1) is 0 Å². The SMILES string of the molecule is CO[C@@H]1c2ccccc2C[C@@H]1NC(=O)[C@@H](C)c1ccccc1. The minimum absolute atomic E-state index is 0.000984. The summed E-state index contributed by atoms with van der Waals surface area (Å²) in [6.07, 6.45) is 0.755. The van der Waals surface area contributed by atoms with E-state index in [1.165, 1.54) is 11.1 Å². The van der Waals surface area contributed by atoms with Gasteiger partial charge in [0.15, 0.2) is 0 Å². The highest BCUT2D eigenvalue weighted by Gasteiger charge is 2.34. The number of ether oxygens (including phenoxy) is 1. The topological polar surface area (TPSA) is 38.3 Å². The minimum atomic E-state index is -0.164. The van der Waals surface area contributed by atoms with Crippen molar-refractivity contribution in [2.75, 3.05) is 7.11 Å². The van der Waals surface area contributed by atoms with Gasteiger partial charge in [-0.1, -0.05) is 54.6 Å². The molecule has 114 valence electrons. The maximum Gasteiger partial charge on any atom is 0.227 e. The first kappa shape index (κ1) is 14.8. The molecule has 1 aliphatic rings. The first-order valence-corrected chi connectivity index (χ1v) is 7.66. The number of fused-ring (bicyclic) bond motifs is 1. The van der Waals surface area contributed by atoms with Crippen LogP contribution in [0.25, 0.3) is 0 Å². The standard InChI is InChI=1S/C19H21NO2/c1-13(14-8-4-3-5-9-14)19(21)20-17-12-15-10-6-7-11-16(15)18(17)22-2/h3-11,13,17-18H,12H2,1-2H3,(H,20,21)/t13-,17-,18+/m0/s1. The lowest BCUT2D eigenvalue weighted by molar-refractivity contribution is -0.123. The number of carbonyl (C=O) groups is 1. The molecular formula is C19H21NO2. The Morgan fingerprint density at radius 2 is 1.82 bits per heavy atom. The van der Waals surface area contributed by atoms with Crippen LogP contribution in [-0.4, -0.2) is 19.1 Å². The zero-order chi connectivity index (χ0) is 15.5. The van der Waals surface area contributed by atoms with Gasteiger partial charge in [0, 0.05) is 7.11 Å². The fraction of sp³-hybridized carbons (Fsp3) is 0.316. The molecule has 0 aliphatic heterocycles. The summed E-state index contributed by atoms with van der Waals surface area (Å²) in [5.74, 6) is -0.117. The van der Waals surface area contributed by atoms with Gasteiger partial charge in [-0.05, 0) is 30.0 Å². The zero-order valence-corrected chi connectivity index (χ0v) is 13.0. The van der Waals surface area contributed by atoms with Crippen molar-refractivity contribution in [1.82, 2.24) is 5.32 Å². The van der Waals surface area contributed by atoms with Gasteiger partial charge in [-0.15, -0.1) is 0 Å². The summed E-state index contributed by atoms with van der Waals surface area (Å²) < 4.78 is 5.62. The number of rotatable bonds is 4. The van der Waals surface area contributed by atoms with Crippen LogP contribution in [-0.2, 0) is 16.0 Å². The van der Waals surface area contributed by atoms with Crippen molar-refractivity contribution in [1.29, 1.82) is 0 Å².